The van der Waals surface area contributed by atoms with Gasteiger partial charge in [-0.2, -0.15) is 0 Å². The summed E-state index contributed by atoms with van der Waals surface area (Å²) in [4.78, 5) is 12.0. The fourth-order valence-corrected chi connectivity index (χ4v) is 2.14. The van der Waals surface area contributed by atoms with Crippen LogP contribution < -0.4 is 4.74 Å². The highest BCUT2D eigenvalue weighted by molar-refractivity contribution is 5.91. The second kappa shape index (κ2) is 7.23. The Bertz CT molecular complexity index is 788. The van der Waals surface area contributed by atoms with Crippen molar-refractivity contribution < 1.29 is 9.53 Å². The molecule has 112 valence electrons. The van der Waals surface area contributed by atoms with Crippen LogP contribution in [0.25, 0.3) is 12.2 Å². The van der Waals surface area contributed by atoms with E-state index in [1.807, 2.05) is 72.8 Å². The summed E-state index contributed by atoms with van der Waals surface area (Å²) in [7, 11) is 0. The van der Waals surface area contributed by atoms with Gasteiger partial charge in [0.2, 0.25) is 0 Å². The molecule has 0 aliphatic heterocycles. The predicted octanol–water partition coefficient (Wildman–Crippen LogP) is 5.08. The molecule has 0 saturated heterocycles. The third-order valence-corrected chi connectivity index (χ3v) is 3.37. The van der Waals surface area contributed by atoms with Crippen LogP contribution in [-0.2, 0) is 0 Å². The van der Waals surface area contributed by atoms with E-state index in [1.54, 1.807) is 24.3 Å². The van der Waals surface area contributed by atoms with Gasteiger partial charge >= 0.3 is 5.97 Å². The number of hydrogen-bond donors (Lipinski definition) is 0. The van der Waals surface area contributed by atoms with Gasteiger partial charge < -0.3 is 4.74 Å². The van der Waals surface area contributed by atoms with E-state index in [4.69, 9.17) is 4.74 Å². The summed E-state index contributed by atoms with van der Waals surface area (Å²) in [5.74, 6) is 0.189. The lowest BCUT2D eigenvalue weighted by Crippen LogP contribution is -2.07. The van der Waals surface area contributed by atoms with E-state index in [-0.39, 0.29) is 5.97 Å². The molecule has 0 aliphatic carbocycles. The zero-order valence-electron chi connectivity index (χ0n) is 12.6. The van der Waals surface area contributed by atoms with Crippen molar-refractivity contribution in [3.05, 3.63) is 102 Å². The summed E-state index contributed by atoms with van der Waals surface area (Å²) in [6.07, 6.45) is 4.07. The Morgan fingerprint density at radius 2 is 1.17 bits per heavy atom. The number of esters is 1. The maximum atomic E-state index is 12.0. The van der Waals surface area contributed by atoms with Crippen LogP contribution in [0.2, 0.25) is 0 Å². The van der Waals surface area contributed by atoms with Gasteiger partial charge in [-0.1, -0.05) is 72.8 Å². The Morgan fingerprint density at radius 3 is 1.78 bits per heavy atom. The summed E-state index contributed by atoms with van der Waals surface area (Å²) in [5.41, 5.74) is 2.74. The van der Waals surface area contributed by atoms with Crippen LogP contribution in [0.3, 0.4) is 0 Å². The van der Waals surface area contributed by atoms with Gasteiger partial charge in [0.25, 0.3) is 0 Å². The number of benzene rings is 3. The van der Waals surface area contributed by atoms with Gasteiger partial charge in [0.1, 0.15) is 5.75 Å². The van der Waals surface area contributed by atoms with Crippen LogP contribution >= 0.6 is 0 Å². The molecule has 0 amide bonds. The molecule has 3 aromatic rings. The summed E-state index contributed by atoms with van der Waals surface area (Å²) in [6, 6.07) is 26.5. The van der Waals surface area contributed by atoms with Gasteiger partial charge in [0.15, 0.2) is 0 Å². The molecule has 0 aliphatic rings. The molecule has 3 aromatic carbocycles. The largest absolute Gasteiger partial charge is 0.423 e. The van der Waals surface area contributed by atoms with Crippen molar-refractivity contribution >= 4 is 18.1 Å². The van der Waals surface area contributed by atoms with Crippen molar-refractivity contribution in [3.63, 3.8) is 0 Å². The Labute approximate surface area is 135 Å². The van der Waals surface area contributed by atoms with Gasteiger partial charge in [0, 0.05) is 0 Å². The molecule has 0 bridgehead atoms. The van der Waals surface area contributed by atoms with Crippen LogP contribution in [0.1, 0.15) is 21.5 Å². The van der Waals surface area contributed by atoms with Crippen molar-refractivity contribution in [1.29, 1.82) is 0 Å². The highest BCUT2D eigenvalue weighted by Gasteiger charge is 2.07. The molecule has 0 N–H and O–H groups in total. The fraction of sp³-hybridized carbons (Fsp3) is 0. The number of ether oxygens (including phenoxy) is 1. The number of hydrogen-bond acceptors (Lipinski definition) is 2. The van der Waals surface area contributed by atoms with Gasteiger partial charge in [0.05, 0.1) is 5.56 Å². The first-order valence-corrected chi connectivity index (χ1v) is 7.42. The summed E-state index contributed by atoms with van der Waals surface area (Å²) in [6.45, 7) is 0. The minimum absolute atomic E-state index is 0.349. The molecule has 0 radical (unpaired) electrons. The molecule has 0 saturated carbocycles. The first-order chi connectivity index (χ1) is 11.3. The molecule has 0 fully saturated rings. The van der Waals surface area contributed by atoms with E-state index < -0.39 is 0 Å². The van der Waals surface area contributed by atoms with Crippen molar-refractivity contribution in [3.8, 4) is 5.75 Å². The first kappa shape index (κ1) is 14.8. The average molecular weight is 300 g/mol. The minimum atomic E-state index is -0.349. The SMILES string of the molecule is O=C(Oc1ccc(C=Cc2ccccc2)cc1)c1ccccc1. The Kier molecular flexibility index (Phi) is 4.65. The summed E-state index contributed by atoms with van der Waals surface area (Å²) < 4.78 is 5.36. The van der Waals surface area contributed by atoms with Gasteiger partial charge in [-0.15, -0.1) is 0 Å². The Balaban J connectivity index is 1.65. The van der Waals surface area contributed by atoms with Crippen LogP contribution in [0.15, 0.2) is 84.9 Å². The van der Waals surface area contributed by atoms with Gasteiger partial charge in [-0.05, 0) is 35.4 Å². The summed E-state index contributed by atoms with van der Waals surface area (Å²) >= 11 is 0. The third kappa shape index (κ3) is 4.17. The van der Waals surface area contributed by atoms with E-state index in [9.17, 15) is 4.79 Å². The minimum Gasteiger partial charge on any atom is -0.423 e. The van der Waals surface area contributed by atoms with Crippen LogP contribution in [0, 0.1) is 0 Å². The molecule has 0 aromatic heterocycles. The lowest BCUT2D eigenvalue weighted by atomic mass is 10.1. The molecule has 0 heterocycles. The molecular weight excluding hydrogens is 284 g/mol. The monoisotopic (exact) mass is 300 g/mol. The second-order valence-electron chi connectivity index (χ2n) is 5.07. The normalized spacial score (nSPS) is 10.6. The number of carbonyl (C=O) groups is 1. The maximum Gasteiger partial charge on any atom is 0.343 e. The summed E-state index contributed by atoms with van der Waals surface area (Å²) in [5, 5.41) is 0. The fourth-order valence-electron chi connectivity index (χ4n) is 2.14. The van der Waals surface area contributed by atoms with Crippen LogP contribution in [-0.4, -0.2) is 5.97 Å². The maximum absolute atomic E-state index is 12.0. The highest BCUT2D eigenvalue weighted by Crippen LogP contribution is 2.16. The molecule has 0 unspecified atom stereocenters. The van der Waals surface area contributed by atoms with E-state index in [0.29, 0.717) is 11.3 Å². The standard InChI is InChI=1S/C21H16O2/c22-21(19-9-5-2-6-10-19)23-20-15-13-18(14-16-20)12-11-17-7-3-1-4-8-17/h1-16H. The number of carbonyl (C=O) groups excluding carboxylic acids is 1. The van der Waals surface area contributed by atoms with E-state index in [0.717, 1.165) is 11.1 Å². The average Bonchev–Trinajstić information content (AvgIpc) is 2.63. The van der Waals surface area contributed by atoms with Crippen LogP contribution in [0.5, 0.6) is 5.75 Å². The smallest absolute Gasteiger partial charge is 0.343 e. The Hall–Kier alpha value is -3.13. The van der Waals surface area contributed by atoms with Crippen molar-refractivity contribution in [2.75, 3.05) is 0 Å². The van der Waals surface area contributed by atoms with Crippen molar-refractivity contribution in [2.24, 2.45) is 0 Å². The molecule has 2 heteroatoms. The molecule has 23 heavy (non-hydrogen) atoms. The molecular formula is C21H16O2. The zero-order chi connectivity index (χ0) is 15.9. The first-order valence-electron chi connectivity index (χ1n) is 7.42. The lowest BCUT2D eigenvalue weighted by molar-refractivity contribution is 0.0735. The van der Waals surface area contributed by atoms with Gasteiger partial charge in [-0.3, -0.25) is 0 Å². The molecule has 0 atom stereocenters. The Morgan fingerprint density at radius 1 is 0.652 bits per heavy atom. The molecule has 2 nitrogen and oxygen atoms in total. The second-order valence-corrected chi connectivity index (χ2v) is 5.07. The zero-order valence-corrected chi connectivity index (χ0v) is 12.6. The van der Waals surface area contributed by atoms with Gasteiger partial charge in [-0.25, -0.2) is 4.79 Å². The third-order valence-electron chi connectivity index (χ3n) is 3.37. The van der Waals surface area contributed by atoms with Crippen molar-refractivity contribution in [2.45, 2.75) is 0 Å². The lowest BCUT2D eigenvalue weighted by Gasteiger charge is -2.04. The van der Waals surface area contributed by atoms with E-state index in [1.165, 1.54) is 0 Å². The molecule has 0 spiro atoms. The molecule has 3 rings (SSSR count). The quantitative estimate of drug-likeness (QED) is 0.382. The van der Waals surface area contributed by atoms with E-state index >= 15 is 0 Å². The highest BCUT2D eigenvalue weighted by atomic mass is 16.5. The number of rotatable bonds is 4. The predicted molar refractivity (Wildman–Crippen MR) is 93.2 cm³/mol. The van der Waals surface area contributed by atoms with E-state index in [2.05, 4.69) is 0 Å². The van der Waals surface area contributed by atoms with Crippen LogP contribution in [0.4, 0.5) is 0 Å². The van der Waals surface area contributed by atoms with Crippen molar-refractivity contribution in [1.82, 2.24) is 0 Å². The topological polar surface area (TPSA) is 26.3 Å².